The Bertz CT molecular complexity index is 1080. The highest BCUT2D eigenvalue weighted by Crippen LogP contribution is 2.26. The van der Waals surface area contributed by atoms with Crippen LogP contribution in [0, 0.1) is 17.0 Å². The van der Waals surface area contributed by atoms with Crippen LogP contribution in [0.15, 0.2) is 72.8 Å². The molecule has 30 heavy (non-hydrogen) atoms. The number of para-hydroxylation sites is 2. The fourth-order valence-electron chi connectivity index (χ4n) is 2.74. The zero-order chi connectivity index (χ0) is 21.5. The third kappa shape index (κ3) is 5.20. The van der Waals surface area contributed by atoms with Crippen LogP contribution in [-0.4, -0.2) is 23.3 Å². The molecular formula is C22H19N3O5. The third-order valence-electron chi connectivity index (χ3n) is 4.22. The van der Waals surface area contributed by atoms with Gasteiger partial charge in [-0.1, -0.05) is 30.3 Å². The Kier molecular flexibility index (Phi) is 6.39. The molecule has 0 saturated carbocycles. The van der Waals surface area contributed by atoms with Gasteiger partial charge in [0.1, 0.15) is 0 Å². The fourth-order valence-corrected chi connectivity index (χ4v) is 2.74. The van der Waals surface area contributed by atoms with Crippen molar-refractivity contribution in [3.05, 3.63) is 94.0 Å². The summed E-state index contributed by atoms with van der Waals surface area (Å²) in [4.78, 5) is 34.8. The lowest BCUT2D eigenvalue weighted by molar-refractivity contribution is -0.385. The molecule has 0 bridgehead atoms. The number of aryl methyl sites for hydroxylation is 1. The third-order valence-corrected chi connectivity index (χ3v) is 4.22. The number of anilines is 2. The van der Waals surface area contributed by atoms with Gasteiger partial charge >= 0.3 is 5.69 Å². The van der Waals surface area contributed by atoms with Crippen molar-refractivity contribution >= 4 is 28.9 Å². The van der Waals surface area contributed by atoms with E-state index in [2.05, 4.69) is 10.6 Å². The van der Waals surface area contributed by atoms with E-state index in [0.717, 1.165) is 5.56 Å². The molecular weight excluding hydrogens is 386 g/mol. The average molecular weight is 405 g/mol. The molecule has 2 N–H and O–H groups in total. The number of rotatable bonds is 7. The molecule has 0 aliphatic rings. The van der Waals surface area contributed by atoms with Crippen molar-refractivity contribution in [3.8, 4) is 5.75 Å². The molecule has 0 spiro atoms. The Morgan fingerprint density at radius 3 is 2.37 bits per heavy atom. The zero-order valence-electron chi connectivity index (χ0n) is 16.1. The van der Waals surface area contributed by atoms with Crippen LogP contribution < -0.4 is 15.4 Å². The molecule has 3 aromatic rings. The first-order valence-electron chi connectivity index (χ1n) is 9.07. The van der Waals surface area contributed by atoms with Gasteiger partial charge < -0.3 is 15.4 Å². The minimum absolute atomic E-state index is 0.0211. The lowest BCUT2D eigenvalue weighted by Gasteiger charge is -2.12. The summed E-state index contributed by atoms with van der Waals surface area (Å²) >= 11 is 0. The first-order valence-corrected chi connectivity index (χ1v) is 9.07. The van der Waals surface area contributed by atoms with E-state index in [4.69, 9.17) is 4.74 Å². The molecule has 0 unspecified atom stereocenters. The molecule has 8 nitrogen and oxygen atoms in total. The van der Waals surface area contributed by atoms with Crippen LogP contribution in [0.2, 0.25) is 0 Å². The summed E-state index contributed by atoms with van der Waals surface area (Å²) in [5, 5.41) is 16.5. The summed E-state index contributed by atoms with van der Waals surface area (Å²) in [5.74, 6) is -0.672. The van der Waals surface area contributed by atoms with Gasteiger partial charge in [-0.25, -0.2) is 0 Å². The van der Waals surface area contributed by atoms with Gasteiger partial charge in [-0.3, -0.25) is 19.7 Å². The van der Waals surface area contributed by atoms with E-state index in [1.165, 1.54) is 18.2 Å². The van der Waals surface area contributed by atoms with Crippen molar-refractivity contribution < 1.29 is 19.2 Å². The predicted molar refractivity (Wildman–Crippen MR) is 113 cm³/mol. The fraction of sp³-hybridized carbons (Fsp3) is 0.0909. The number of carbonyl (C=O) groups is 2. The maximum atomic E-state index is 12.3. The highest BCUT2D eigenvalue weighted by atomic mass is 16.6. The van der Waals surface area contributed by atoms with Crippen molar-refractivity contribution in [1.82, 2.24) is 0 Å². The Balaban J connectivity index is 1.59. The largest absolute Gasteiger partial charge is 0.477 e. The van der Waals surface area contributed by atoms with Crippen LogP contribution in [0.4, 0.5) is 17.1 Å². The molecule has 3 rings (SSSR count). The molecule has 0 atom stereocenters. The van der Waals surface area contributed by atoms with Crippen LogP contribution in [0.1, 0.15) is 15.9 Å². The van der Waals surface area contributed by atoms with E-state index in [0.29, 0.717) is 16.9 Å². The minimum Gasteiger partial charge on any atom is -0.477 e. The van der Waals surface area contributed by atoms with E-state index < -0.39 is 10.8 Å². The van der Waals surface area contributed by atoms with Crippen molar-refractivity contribution in [2.24, 2.45) is 0 Å². The quantitative estimate of drug-likeness (QED) is 0.453. The summed E-state index contributed by atoms with van der Waals surface area (Å²) in [6, 6.07) is 19.7. The summed E-state index contributed by atoms with van der Waals surface area (Å²) in [7, 11) is 0. The van der Waals surface area contributed by atoms with Gasteiger partial charge in [-0.15, -0.1) is 0 Å². The SMILES string of the molecule is Cc1cc(NC(=O)COc2ccccc2[N+](=O)[O-])ccc1NC(=O)c1ccccc1. The Hall–Kier alpha value is -4.20. The maximum absolute atomic E-state index is 12.3. The molecule has 0 heterocycles. The number of nitro groups is 1. The lowest BCUT2D eigenvalue weighted by atomic mass is 10.1. The topological polar surface area (TPSA) is 111 Å². The number of hydrogen-bond acceptors (Lipinski definition) is 5. The van der Waals surface area contributed by atoms with E-state index in [1.807, 2.05) is 6.07 Å². The van der Waals surface area contributed by atoms with Crippen LogP contribution >= 0.6 is 0 Å². The van der Waals surface area contributed by atoms with Gasteiger partial charge in [-0.2, -0.15) is 0 Å². The molecule has 0 radical (unpaired) electrons. The number of amides is 2. The molecule has 0 aliphatic carbocycles. The maximum Gasteiger partial charge on any atom is 0.310 e. The molecule has 0 aliphatic heterocycles. The molecule has 8 heteroatoms. The van der Waals surface area contributed by atoms with Gasteiger partial charge in [-0.05, 0) is 48.9 Å². The standard InChI is InChI=1S/C22H19N3O5/c1-15-13-17(11-12-18(15)24-22(27)16-7-3-2-4-8-16)23-21(26)14-30-20-10-6-5-9-19(20)25(28)29/h2-13H,14H2,1H3,(H,23,26)(H,24,27). The number of carbonyl (C=O) groups excluding carboxylic acids is 2. The number of nitro benzene ring substituents is 1. The Labute approximate surface area is 172 Å². The summed E-state index contributed by atoms with van der Waals surface area (Å²) in [5.41, 5.74) is 2.23. The van der Waals surface area contributed by atoms with E-state index >= 15 is 0 Å². The zero-order valence-corrected chi connectivity index (χ0v) is 16.1. The Morgan fingerprint density at radius 1 is 0.967 bits per heavy atom. The summed E-state index contributed by atoms with van der Waals surface area (Å²) in [6.45, 7) is 1.43. The number of nitrogens with zero attached hydrogens (tertiary/aromatic N) is 1. The van der Waals surface area contributed by atoms with Crippen LogP contribution in [0.25, 0.3) is 0 Å². The molecule has 0 saturated heterocycles. The molecule has 2 amide bonds. The second-order valence-corrected chi connectivity index (χ2v) is 6.41. The van der Waals surface area contributed by atoms with Crippen LogP contribution in [0.5, 0.6) is 5.75 Å². The van der Waals surface area contributed by atoms with Crippen LogP contribution in [0.3, 0.4) is 0 Å². The van der Waals surface area contributed by atoms with Crippen LogP contribution in [-0.2, 0) is 4.79 Å². The molecule has 152 valence electrons. The van der Waals surface area contributed by atoms with Crippen molar-refractivity contribution in [3.63, 3.8) is 0 Å². The van der Waals surface area contributed by atoms with E-state index in [9.17, 15) is 19.7 Å². The highest BCUT2D eigenvalue weighted by molar-refractivity contribution is 6.04. The molecule has 3 aromatic carbocycles. The second-order valence-electron chi connectivity index (χ2n) is 6.41. The highest BCUT2D eigenvalue weighted by Gasteiger charge is 2.15. The number of benzene rings is 3. The first kappa shape index (κ1) is 20.5. The number of hydrogen-bond donors (Lipinski definition) is 2. The summed E-state index contributed by atoms with van der Waals surface area (Å²) in [6.07, 6.45) is 0. The van der Waals surface area contributed by atoms with Gasteiger partial charge in [0.15, 0.2) is 12.4 Å². The lowest BCUT2D eigenvalue weighted by Crippen LogP contribution is -2.20. The van der Waals surface area contributed by atoms with Gasteiger partial charge in [0.2, 0.25) is 0 Å². The minimum atomic E-state index is -0.570. The van der Waals surface area contributed by atoms with E-state index in [1.54, 1.807) is 55.5 Å². The van der Waals surface area contributed by atoms with Gasteiger partial charge in [0.05, 0.1) is 4.92 Å². The predicted octanol–water partition coefficient (Wildman–Crippen LogP) is 4.17. The summed E-state index contributed by atoms with van der Waals surface area (Å²) < 4.78 is 5.28. The monoisotopic (exact) mass is 405 g/mol. The number of nitrogens with one attached hydrogen (secondary N) is 2. The van der Waals surface area contributed by atoms with Gasteiger partial charge in [0.25, 0.3) is 11.8 Å². The normalized spacial score (nSPS) is 10.2. The van der Waals surface area contributed by atoms with Gasteiger partial charge in [0, 0.05) is 23.0 Å². The average Bonchev–Trinajstić information content (AvgIpc) is 2.75. The first-order chi connectivity index (χ1) is 14.4. The Morgan fingerprint density at radius 2 is 1.67 bits per heavy atom. The van der Waals surface area contributed by atoms with Crippen molar-refractivity contribution in [1.29, 1.82) is 0 Å². The molecule has 0 aromatic heterocycles. The van der Waals surface area contributed by atoms with E-state index in [-0.39, 0.29) is 24.0 Å². The smallest absolute Gasteiger partial charge is 0.310 e. The van der Waals surface area contributed by atoms with Crippen molar-refractivity contribution in [2.75, 3.05) is 17.2 Å². The molecule has 0 fully saturated rings. The second kappa shape index (κ2) is 9.33. The van der Waals surface area contributed by atoms with Crippen molar-refractivity contribution in [2.45, 2.75) is 6.92 Å². The number of ether oxygens (including phenoxy) is 1.